The second kappa shape index (κ2) is 10.2. The third-order valence-corrected chi connectivity index (χ3v) is 6.18. The van der Waals surface area contributed by atoms with E-state index in [0.29, 0.717) is 27.2 Å². The highest BCUT2D eigenvalue weighted by Crippen LogP contribution is 2.26. The first kappa shape index (κ1) is 25.1. The molecule has 12 nitrogen and oxygen atoms in total. The highest BCUT2D eigenvalue weighted by Gasteiger charge is 2.22. The fourth-order valence-corrected chi connectivity index (χ4v) is 4.21. The first-order chi connectivity index (χ1) is 20.6. The first-order valence-electron chi connectivity index (χ1n) is 12.0. The SMILES string of the molecule is [C-]#[N+]/C(C#N)=C1\N=c2ccc(-c3nc(C(C#N)=C4N=c5ccccc5=N4)nc(-c4ccc(C#N)cc4)n3)c(C#N)c2=N1. The summed E-state index contributed by atoms with van der Waals surface area (Å²) in [5.74, 6) is 0.244. The van der Waals surface area contributed by atoms with Gasteiger partial charge in [0.05, 0.1) is 45.9 Å². The second-order valence-corrected chi connectivity index (χ2v) is 8.61. The molecule has 0 radical (unpaired) electrons. The van der Waals surface area contributed by atoms with E-state index in [4.69, 9.17) is 6.57 Å². The molecule has 0 unspecified atom stereocenters. The zero-order chi connectivity index (χ0) is 29.2. The van der Waals surface area contributed by atoms with Crippen LogP contribution in [0.5, 0.6) is 0 Å². The van der Waals surface area contributed by atoms with Crippen molar-refractivity contribution in [3.63, 3.8) is 0 Å². The van der Waals surface area contributed by atoms with Crippen molar-refractivity contribution >= 4 is 5.57 Å². The quantitative estimate of drug-likeness (QED) is 0.281. The molecule has 1 aromatic heterocycles. The van der Waals surface area contributed by atoms with Crippen molar-refractivity contribution < 1.29 is 0 Å². The predicted octanol–water partition coefficient (Wildman–Crippen LogP) is 1.96. The van der Waals surface area contributed by atoms with Gasteiger partial charge in [0.25, 0.3) is 0 Å². The first-order valence-corrected chi connectivity index (χ1v) is 12.0. The minimum atomic E-state index is -0.308. The summed E-state index contributed by atoms with van der Waals surface area (Å²) in [6.45, 7) is 7.20. The molecule has 12 heteroatoms. The number of para-hydroxylation sites is 2. The normalized spacial score (nSPS) is 13.2. The van der Waals surface area contributed by atoms with Crippen molar-refractivity contribution in [2.75, 3.05) is 0 Å². The van der Waals surface area contributed by atoms with Crippen molar-refractivity contribution in [3.8, 4) is 47.1 Å². The van der Waals surface area contributed by atoms with Gasteiger partial charge in [0.1, 0.15) is 23.1 Å². The van der Waals surface area contributed by atoms with Gasteiger partial charge in [-0.2, -0.15) is 15.8 Å². The summed E-state index contributed by atoms with van der Waals surface area (Å²) in [6.07, 6.45) is 0. The summed E-state index contributed by atoms with van der Waals surface area (Å²) in [5.41, 5.74) is 0.977. The van der Waals surface area contributed by atoms with Crippen LogP contribution in [0.3, 0.4) is 0 Å². The van der Waals surface area contributed by atoms with Crippen molar-refractivity contribution in [1.82, 2.24) is 15.0 Å². The van der Waals surface area contributed by atoms with E-state index in [1.807, 2.05) is 12.1 Å². The van der Waals surface area contributed by atoms with Crippen molar-refractivity contribution in [1.29, 1.82) is 21.0 Å². The minimum absolute atomic E-state index is 0.00922. The minimum Gasteiger partial charge on any atom is -0.238 e. The van der Waals surface area contributed by atoms with E-state index in [9.17, 15) is 21.0 Å². The van der Waals surface area contributed by atoms with Gasteiger partial charge in [-0.3, -0.25) is 0 Å². The molecule has 6 rings (SSSR count). The summed E-state index contributed by atoms with van der Waals surface area (Å²) in [6, 6.07) is 24.9. The number of fused-ring (bicyclic) bond motifs is 2. The molecular formula is C30H10N12. The maximum Gasteiger partial charge on any atom is 0.305 e. The van der Waals surface area contributed by atoms with E-state index in [1.54, 1.807) is 54.6 Å². The van der Waals surface area contributed by atoms with Crippen LogP contribution in [-0.2, 0) is 0 Å². The van der Waals surface area contributed by atoms with Gasteiger partial charge >= 0.3 is 5.70 Å². The zero-order valence-corrected chi connectivity index (χ0v) is 21.1. The summed E-state index contributed by atoms with van der Waals surface area (Å²) in [7, 11) is 0. The van der Waals surface area contributed by atoms with Gasteiger partial charge in [-0.15, -0.1) is 0 Å². The molecule has 0 bridgehead atoms. The van der Waals surface area contributed by atoms with E-state index in [1.165, 1.54) is 0 Å². The monoisotopic (exact) mass is 538 g/mol. The molecule has 0 atom stereocenters. The Balaban J connectivity index is 1.62. The maximum absolute atomic E-state index is 10.2. The van der Waals surface area contributed by atoms with Crippen LogP contribution in [-0.4, -0.2) is 15.0 Å². The van der Waals surface area contributed by atoms with Crippen LogP contribution in [0.15, 0.2) is 98.0 Å². The number of benzene rings is 3. The Morgan fingerprint density at radius 3 is 1.98 bits per heavy atom. The number of nitriles is 4. The maximum atomic E-state index is 10.2. The van der Waals surface area contributed by atoms with Crippen LogP contribution in [0.1, 0.15) is 17.0 Å². The molecule has 2 aliphatic rings. The largest absolute Gasteiger partial charge is 0.305 e. The number of rotatable bonds is 3. The molecule has 4 aromatic rings. The van der Waals surface area contributed by atoms with Gasteiger partial charge in [0.2, 0.25) is 0 Å². The lowest BCUT2D eigenvalue weighted by molar-refractivity contribution is 1.03. The third-order valence-electron chi connectivity index (χ3n) is 6.18. The summed E-state index contributed by atoms with van der Waals surface area (Å²) < 4.78 is 0. The van der Waals surface area contributed by atoms with Crippen molar-refractivity contribution in [2.24, 2.45) is 20.0 Å². The van der Waals surface area contributed by atoms with Crippen LogP contribution in [0.25, 0.3) is 33.2 Å². The van der Waals surface area contributed by atoms with Crippen LogP contribution < -0.4 is 21.4 Å². The van der Waals surface area contributed by atoms with Gasteiger partial charge < -0.3 is 0 Å². The van der Waals surface area contributed by atoms with Crippen LogP contribution >= 0.6 is 0 Å². The number of aromatic nitrogens is 3. The lowest BCUT2D eigenvalue weighted by Crippen LogP contribution is -2.25. The average molecular weight is 538 g/mol. The van der Waals surface area contributed by atoms with E-state index >= 15 is 0 Å². The number of hydrogen-bond acceptors (Lipinski definition) is 11. The smallest absolute Gasteiger partial charge is 0.238 e. The van der Waals surface area contributed by atoms with Crippen molar-refractivity contribution in [2.45, 2.75) is 0 Å². The third kappa shape index (κ3) is 4.21. The Kier molecular flexibility index (Phi) is 6.08. The second-order valence-electron chi connectivity index (χ2n) is 8.61. The van der Waals surface area contributed by atoms with Gasteiger partial charge in [-0.05, 0) is 48.5 Å². The Labute approximate surface area is 236 Å². The lowest BCUT2D eigenvalue weighted by Gasteiger charge is -2.09. The van der Waals surface area contributed by atoms with Gasteiger partial charge in [-0.1, -0.05) is 12.1 Å². The van der Waals surface area contributed by atoms with Crippen LogP contribution in [0, 0.1) is 51.9 Å². The van der Waals surface area contributed by atoms with E-state index < -0.39 is 0 Å². The number of hydrogen-bond donors (Lipinski definition) is 0. The van der Waals surface area contributed by atoms with Crippen LogP contribution in [0.4, 0.5) is 0 Å². The summed E-state index contributed by atoms with van der Waals surface area (Å²) in [4.78, 5) is 34.3. The Hall–Kier alpha value is -7.20. The topological polar surface area (TPSA) is 188 Å². The zero-order valence-electron chi connectivity index (χ0n) is 21.1. The fraction of sp³-hybridized carbons (Fsp3) is 0. The van der Waals surface area contributed by atoms with Gasteiger partial charge in [0.15, 0.2) is 29.1 Å². The van der Waals surface area contributed by atoms with Crippen LogP contribution in [0.2, 0.25) is 0 Å². The highest BCUT2D eigenvalue weighted by atomic mass is 15.1. The molecule has 2 aliphatic heterocycles. The molecular weight excluding hydrogens is 528 g/mol. The molecule has 0 saturated carbocycles. The molecule has 3 aromatic carbocycles. The standard InChI is InChI=1S/C30H10N12/c1-35-24(15-34)30-38-23-11-10-18(19(13-32)25(23)39-30)27-40-26(17-8-6-16(12-31)7-9-17)41-29(42-27)20(14-33)28-36-21-4-2-3-5-22(21)37-28/h2-11H/b30-24+. The molecule has 0 amide bonds. The predicted molar refractivity (Wildman–Crippen MR) is 143 cm³/mol. The molecule has 0 saturated heterocycles. The molecule has 42 heavy (non-hydrogen) atoms. The number of nitrogens with zero attached hydrogens (tertiary/aromatic N) is 12. The van der Waals surface area contributed by atoms with E-state index in [0.717, 1.165) is 0 Å². The molecule has 0 spiro atoms. The lowest BCUT2D eigenvalue weighted by atomic mass is 10.1. The highest BCUT2D eigenvalue weighted by molar-refractivity contribution is 5.78. The Morgan fingerprint density at radius 1 is 0.667 bits per heavy atom. The van der Waals surface area contributed by atoms with Gasteiger partial charge in [-0.25, -0.2) is 45.0 Å². The van der Waals surface area contributed by atoms with Gasteiger partial charge in [0, 0.05) is 11.1 Å². The van der Waals surface area contributed by atoms with E-state index in [2.05, 4.69) is 58.0 Å². The Bertz CT molecular complexity index is 2350. The molecule has 0 N–H and O–H groups in total. The number of allylic oxidation sites excluding steroid dienone is 2. The molecule has 190 valence electrons. The molecule has 0 fully saturated rings. The molecule has 3 heterocycles. The fourth-order valence-electron chi connectivity index (χ4n) is 4.21. The average Bonchev–Trinajstić information content (AvgIpc) is 3.66. The van der Waals surface area contributed by atoms with Crippen molar-refractivity contribution in [3.05, 3.63) is 128 Å². The summed E-state index contributed by atoms with van der Waals surface area (Å²) in [5, 5.41) is 40.4. The Morgan fingerprint density at radius 2 is 1.36 bits per heavy atom. The molecule has 0 aliphatic carbocycles. The van der Waals surface area contributed by atoms with E-state index in [-0.39, 0.29) is 56.9 Å². The summed E-state index contributed by atoms with van der Waals surface area (Å²) >= 11 is 0.